The SMILES string of the molecule is Cn1c(-c2cc3c(cc2O)oc2ccccc23)nc2c(-c3nc4c(c5ccccc35)C(C)(C)C(C)(C)c3ccccc3-4)cccc21. The lowest BCUT2D eigenvalue weighted by Gasteiger charge is -2.48. The average Bonchev–Trinajstić information content (AvgIpc) is 3.59. The van der Waals surface area contributed by atoms with Crippen molar-refractivity contribution in [3.05, 3.63) is 114 Å². The first kappa shape index (κ1) is 26.9. The van der Waals surface area contributed by atoms with Gasteiger partial charge in [-0.3, -0.25) is 0 Å². The Bertz CT molecular complexity index is 2570. The molecule has 3 aromatic heterocycles. The van der Waals surface area contributed by atoms with Crippen LogP contribution in [0.2, 0.25) is 0 Å². The third-order valence-electron chi connectivity index (χ3n) is 10.9. The fourth-order valence-corrected chi connectivity index (χ4v) is 7.77. The molecule has 5 heteroatoms. The number of phenolic OH excluding ortho intramolecular Hbond substituents is 1. The zero-order chi connectivity index (χ0) is 31.5. The molecule has 0 fully saturated rings. The minimum absolute atomic E-state index is 0.0954. The molecule has 0 saturated carbocycles. The lowest BCUT2D eigenvalue weighted by molar-refractivity contribution is 0.300. The van der Waals surface area contributed by atoms with Crippen LogP contribution in [0.15, 0.2) is 108 Å². The van der Waals surface area contributed by atoms with Crippen molar-refractivity contribution in [1.82, 2.24) is 14.5 Å². The van der Waals surface area contributed by atoms with Gasteiger partial charge in [0.2, 0.25) is 0 Å². The normalized spacial score (nSPS) is 15.1. The highest BCUT2D eigenvalue weighted by Gasteiger charge is 2.47. The molecule has 9 rings (SSSR count). The van der Waals surface area contributed by atoms with Crippen molar-refractivity contribution in [2.75, 3.05) is 0 Å². The predicted octanol–water partition coefficient (Wildman–Crippen LogP) is 10.3. The van der Waals surface area contributed by atoms with Gasteiger partial charge in [0.1, 0.15) is 22.7 Å². The number of hydrogen-bond acceptors (Lipinski definition) is 4. The molecule has 0 atom stereocenters. The van der Waals surface area contributed by atoms with Crippen LogP contribution in [0.25, 0.3) is 77.6 Å². The second kappa shape index (κ2) is 9.07. The minimum atomic E-state index is -0.167. The van der Waals surface area contributed by atoms with Gasteiger partial charge in [-0.15, -0.1) is 0 Å². The quantitative estimate of drug-likeness (QED) is 0.215. The summed E-state index contributed by atoms with van der Waals surface area (Å²) >= 11 is 0. The standard InChI is InChI=1S/C41H33N3O2/c1-40(2)30-18-10-8-16-26(30)38-35(41(40,3)4)24-14-6-7-15-25(24)36(42-38)27-17-12-19-31-37(27)43-39(44(31)5)29-21-28-23-13-9-11-20-33(23)46-34(28)22-32(29)45/h6-22,45H,1-5H3. The maximum absolute atomic E-state index is 11.3. The van der Waals surface area contributed by atoms with Gasteiger partial charge < -0.3 is 14.1 Å². The van der Waals surface area contributed by atoms with Gasteiger partial charge >= 0.3 is 0 Å². The van der Waals surface area contributed by atoms with Gasteiger partial charge in [0.25, 0.3) is 0 Å². The van der Waals surface area contributed by atoms with Gasteiger partial charge in [-0.05, 0) is 40.1 Å². The summed E-state index contributed by atoms with van der Waals surface area (Å²) in [5, 5.41) is 15.5. The number of aromatic nitrogens is 3. The van der Waals surface area contributed by atoms with E-state index in [1.807, 2.05) is 37.4 Å². The molecule has 5 aromatic carbocycles. The van der Waals surface area contributed by atoms with E-state index < -0.39 is 0 Å². The summed E-state index contributed by atoms with van der Waals surface area (Å²) in [5.74, 6) is 0.813. The molecule has 0 amide bonds. The van der Waals surface area contributed by atoms with Crippen LogP contribution in [0.4, 0.5) is 0 Å². The van der Waals surface area contributed by atoms with Gasteiger partial charge in [-0.25, -0.2) is 9.97 Å². The molecule has 224 valence electrons. The van der Waals surface area contributed by atoms with Gasteiger partial charge in [0.15, 0.2) is 0 Å². The Morgan fingerprint density at radius 2 is 1.30 bits per heavy atom. The number of benzene rings is 5. The average molecular weight is 600 g/mol. The molecule has 0 spiro atoms. The van der Waals surface area contributed by atoms with Crippen molar-refractivity contribution in [3.63, 3.8) is 0 Å². The zero-order valence-electron chi connectivity index (χ0n) is 26.5. The van der Waals surface area contributed by atoms with E-state index in [0.29, 0.717) is 17.0 Å². The first-order valence-corrected chi connectivity index (χ1v) is 15.8. The van der Waals surface area contributed by atoms with Crippen molar-refractivity contribution >= 4 is 43.7 Å². The summed E-state index contributed by atoms with van der Waals surface area (Å²) in [6.45, 7) is 9.42. The van der Waals surface area contributed by atoms with Crippen molar-refractivity contribution in [2.45, 2.75) is 38.5 Å². The number of rotatable bonds is 2. The van der Waals surface area contributed by atoms with Gasteiger partial charge in [-0.1, -0.05) is 107 Å². The lowest BCUT2D eigenvalue weighted by atomic mass is 9.55. The number of hydrogen-bond donors (Lipinski definition) is 1. The van der Waals surface area contributed by atoms with E-state index >= 15 is 0 Å². The molecule has 0 aliphatic heterocycles. The molecule has 0 radical (unpaired) electrons. The summed E-state index contributed by atoms with van der Waals surface area (Å²) in [6.07, 6.45) is 0. The first-order chi connectivity index (χ1) is 22.2. The molecule has 3 heterocycles. The summed E-state index contributed by atoms with van der Waals surface area (Å²) < 4.78 is 8.09. The Morgan fingerprint density at radius 1 is 0.609 bits per heavy atom. The molecule has 0 saturated heterocycles. The summed E-state index contributed by atoms with van der Waals surface area (Å²) in [7, 11) is 2.00. The fourth-order valence-electron chi connectivity index (χ4n) is 7.77. The highest BCUT2D eigenvalue weighted by Crippen LogP contribution is 2.56. The molecular weight excluding hydrogens is 566 g/mol. The summed E-state index contributed by atoms with van der Waals surface area (Å²) in [5.41, 5.74) is 10.4. The lowest BCUT2D eigenvalue weighted by Crippen LogP contribution is -2.44. The van der Waals surface area contributed by atoms with E-state index in [0.717, 1.165) is 49.7 Å². The molecule has 5 nitrogen and oxygen atoms in total. The van der Waals surface area contributed by atoms with Crippen LogP contribution in [-0.2, 0) is 17.9 Å². The molecule has 0 bridgehead atoms. The van der Waals surface area contributed by atoms with E-state index in [4.69, 9.17) is 14.4 Å². The Balaban J connectivity index is 1.33. The fraction of sp³-hybridized carbons (Fsp3) is 0.171. The van der Waals surface area contributed by atoms with Crippen molar-refractivity contribution in [3.8, 4) is 39.7 Å². The second-order valence-corrected chi connectivity index (χ2v) is 13.7. The maximum atomic E-state index is 11.3. The molecule has 1 aliphatic carbocycles. The van der Waals surface area contributed by atoms with Crippen LogP contribution in [0, 0.1) is 0 Å². The number of aromatic hydroxyl groups is 1. The number of imidazole rings is 1. The Labute approximate surface area is 266 Å². The maximum Gasteiger partial charge on any atom is 0.144 e. The van der Waals surface area contributed by atoms with Crippen LogP contribution in [0.3, 0.4) is 0 Å². The Hall–Kier alpha value is -5.42. The summed E-state index contributed by atoms with van der Waals surface area (Å²) in [6, 6.07) is 35.3. The monoisotopic (exact) mass is 599 g/mol. The number of nitrogens with zero attached hydrogens (tertiary/aromatic N) is 3. The highest BCUT2D eigenvalue weighted by molar-refractivity contribution is 6.08. The van der Waals surface area contributed by atoms with Crippen molar-refractivity contribution in [2.24, 2.45) is 7.05 Å². The molecule has 46 heavy (non-hydrogen) atoms. The zero-order valence-corrected chi connectivity index (χ0v) is 26.5. The van der Waals surface area contributed by atoms with E-state index in [-0.39, 0.29) is 16.6 Å². The van der Waals surface area contributed by atoms with E-state index in [9.17, 15) is 5.11 Å². The van der Waals surface area contributed by atoms with E-state index in [1.165, 1.54) is 22.1 Å². The van der Waals surface area contributed by atoms with Crippen LogP contribution < -0.4 is 0 Å². The van der Waals surface area contributed by atoms with Crippen molar-refractivity contribution < 1.29 is 9.52 Å². The van der Waals surface area contributed by atoms with Crippen LogP contribution in [0.1, 0.15) is 38.8 Å². The number of para-hydroxylation sites is 2. The van der Waals surface area contributed by atoms with Gasteiger partial charge in [0, 0.05) is 45.8 Å². The van der Waals surface area contributed by atoms with E-state index in [2.05, 4.69) is 99.0 Å². The third kappa shape index (κ3) is 3.40. The van der Waals surface area contributed by atoms with Crippen LogP contribution in [0.5, 0.6) is 5.75 Å². The molecule has 1 N–H and O–H groups in total. The van der Waals surface area contributed by atoms with Crippen LogP contribution >= 0.6 is 0 Å². The predicted molar refractivity (Wildman–Crippen MR) is 187 cm³/mol. The summed E-state index contributed by atoms with van der Waals surface area (Å²) in [4.78, 5) is 10.8. The third-order valence-corrected chi connectivity index (χ3v) is 10.9. The number of pyridine rings is 1. The molecule has 0 unspecified atom stereocenters. The van der Waals surface area contributed by atoms with Gasteiger partial charge in [-0.2, -0.15) is 0 Å². The highest BCUT2D eigenvalue weighted by atomic mass is 16.3. The smallest absolute Gasteiger partial charge is 0.144 e. The molecule has 8 aromatic rings. The first-order valence-electron chi connectivity index (χ1n) is 15.8. The second-order valence-electron chi connectivity index (χ2n) is 13.7. The Kier molecular flexibility index (Phi) is 5.31. The molecular formula is C41H33N3O2. The largest absolute Gasteiger partial charge is 0.507 e. The number of aryl methyl sites for hydroxylation is 1. The minimum Gasteiger partial charge on any atom is -0.507 e. The van der Waals surface area contributed by atoms with Crippen LogP contribution in [-0.4, -0.2) is 19.6 Å². The van der Waals surface area contributed by atoms with Crippen molar-refractivity contribution in [1.29, 1.82) is 0 Å². The molecule has 1 aliphatic rings. The topological polar surface area (TPSA) is 64.1 Å². The van der Waals surface area contributed by atoms with Gasteiger partial charge in [0.05, 0.1) is 28.0 Å². The Morgan fingerprint density at radius 3 is 2.13 bits per heavy atom. The number of fused-ring (bicyclic) bond motifs is 9. The van der Waals surface area contributed by atoms with E-state index in [1.54, 1.807) is 6.07 Å². The number of furan rings is 1. The number of phenols is 1.